The Bertz CT molecular complexity index is 398. The van der Waals surface area contributed by atoms with Crippen molar-refractivity contribution in [2.24, 2.45) is 0 Å². The van der Waals surface area contributed by atoms with Crippen LogP contribution in [0.5, 0.6) is 0 Å². The molecule has 0 saturated carbocycles. The zero-order chi connectivity index (χ0) is 12.7. The van der Waals surface area contributed by atoms with E-state index in [0.717, 1.165) is 24.3 Å². The van der Waals surface area contributed by atoms with Gasteiger partial charge in [0.15, 0.2) is 0 Å². The molecule has 1 heterocycles. The number of hydrogen-bond acceptors (Lipinski definition) is 3. The second-order valence-electron chi connectivity index (χ2n) is 3.87. The van der Waals surface area contributed by atoms with Gasteiger partial charge >= 0.3 is 0 Å². The first-order valence-corrected chi connectivity index (χ1v) is 5.68. The smallest absolute Gasteiger partial charge is 0.141 e. The summed E-state index contributed by atoms with van der Waals surface area (Å²) in [4.78, 5) is 5.93. The summed E-state index contributed by atoms with van der Waals surface area (Å²) in [5, 5.41) is 3.23. The number of anilines is 1. The number of aromatic nitrogens is 1. The first-order chi connectivity index (χ1) is 8.19. The van der Waals surface area contributed by atoms with Crippen molar-refractivity contribution in [3.63, 3.8) is 0 Å². The molecule has 92 valence electrons. The van der Waals surface area contributed by atoms with Gasteiger partial charge in [0.05, 0.1) is 12.7 Å². The Morgan fingerprint density at radius 1 is 1.59 bits per heavy atom. The molecule has 0 aliphatic carbocycles. The molecule has 0 amide bonds. The van der Waals surface area contributed by atoms with Gasteiger partial charge in [-0.3, -0.25) is 0 Å². The maximum atomic E-state index is 13.2. The normalized spacial score (nSPS) is 10.0. The van der Waals surface area contributed by atoms with Gasteiger partial charge in [0.25, 0.3) is 0 Å². The molecule has 1 rings (SSSR count). The summed E-state index contributed by atoms with van der Waals surface area (Å²) in [5.41, 5.74) is 0.830. The average Bonchev–Trinajstić information content (AvgIpc) is 2.30. The fraction of sp³-hybridized carbons (Fsp3) is 0.462. The molecule has 0 atom stereocenters. The third-order valence-corrected chi connectivity index (χ3v) is 2.34. The lowest BCUT2D eigenvalue weighted by molar-refractivity contribution is 0.611. The summed E-state index contributed by atoms with van der Waals surface area (Å²) in [5.74, 6) is 2.95. The highest BCUT2D eigenvalue weighted by Gasteiger charge is 2.09. The van der Waals surface area contributed by atoms with Crippen LogP contribution < -0.4 is 10.2 Å². The van der Waals surface area contributed by atoms with Gasteiger partial charge in [-0.05, 0) is 19.0 Å². The number of nitrogens with one attached hydrogen (secondary N) is 1. The summed E-state index contributed by atoms with van der Waals surface area (Å²) in [6, 6.07) is 1.50. The molecule has 0 aromatic carbocycles. The number of nitrogens with zero attached hydrogens (tertiary/aromatic N) is 2. The molecule has 0 fully saturated rings. The van der Waals surface area contributed by atoms with Crippen LogP contribution in [0, 0.1) is 18.2 Å². The number of hydrogen-bond donors (Lipinski definition) is 1. The molecular weight excluding hydrogens is 217 g/mol. The lowest BCUT2D eigenvalue weighted by Gasteiger charge is -2.19. The van der Waals surface area contributed by atoms with E-state index in [1.165, 1.54) is 12.3 Å². The third kappa shape index (κ3) is 4.04. The molecule has 1 aromatic heterocycles. The molecule has 17 heavy (non-hydrogen) atoms. The number of halogens is 1. The minimum Gasteiger partial charge on any atom is -0.348 e. The van der Waals surface area contributed by atoms with Gasteiger partial charge in [0, 0.05) is 19.2 Å². The lowest BCUT2D eigenvalue weighted by atomic mass is 10.2. The minimum atomic E-state index is -0.323. The summed E-state index contributed by atoms with van der Waals surface area (Å²) in [6.45, 7) is 4.04. The molecule has 1 aromatic rings. The van der Waals surface area contributed by atoms with Crippen LogP contribution in [-0.2, 0) is 6.54 Å². The van der Waals surface area contributed by atoms with Crippen molar-refractivity contribution >= 4 is 5.82 Å². The lowest BCUT2D eigenvalue weighted by Crippen LogP contribution is -2.23. The van der Waals surface area contributed by atoms with E-state index in [1.807, 2.05) is 11.9 Å². The van der Waals surface area contributed by atoms with Crippen LogP contribution in [0.15, 0.2) is 12.3 Å². The molecule has 0 aliphatic rings. The molecule has 0 bridgehead atoms. The Morgan fingerprint density at radius 3 is 3.00 bits per heavy atom. The molecule has 0 aliphatic heterocycles. The monoisotopic (exact) mass is 235 g/mol. The first kappa shape index (κ1) is 13.5. The Hall–Kier alpha value is -1.60. The van der Waals surface area contributed by atoms with Gasteiger partial charge in [0.1, 0.15) is 11.6 Å². The zero-order valence-corrected chi connectivity index (χ0v) is 10.3. The minimum absolute atomic E-state index is 0.323. The van der Waals surface area contributed by atoms with E-state index in [-0.39, 0.29) is 5.82 Å². The van der Waals surface area contributed by atoms with Crippen molar-refractivity contribution in [3.05, 3.63) is 23.6 Å². The Balaban J connectivity index is 2.84. The maximum Gasteiger partial charge on any atom is 0.141 e. The summed E-state index contributed by atoms with van der Waals surface area (Å²) < 4.78 is 13.2. The molecule has 3 nitrogen and oxygen atoms in total. The largest absolute Gasteiger partial charge is 0.348 e. The van der Waals surface area contributed by atoms with E-state index < -0.39 is 0 Å². The van der Waals surface area contributed by atoms with E-state index in [0.29, 0.717) is 13.1 Å². The van der Waals surface area contributed by atoms with Gasteiger partial charge in [-0.2, -0.15) is 0 Å². The molecular formula is C13H18FN3. The SMILES string of the molecule is C#CCN(C)c1ncc(F)cc1CNCCC. The Morgan fingerprint density at radius 2 is 2.35 bits per heavy atom. The highest BCUT2D eigenvalue weighted by atomic mass is 19.1. The van der Waals surface area contributed by atoms with Crippen molar-refractivity contribution in [2.75, 3.05) is 25.0 Å². The summed E-state index contributed by atoms with van der Waals surface area (Å²) in [6.07, 6.45) is 7.51. The highest BCUT2D eigenvalue weighted by Crippen LogP contribution is 2.16. The van der Waals surface area contributed by atoms with Crippen LogP contribution in [-0.4, -0.2) is 25.1 Å². The van der Waals surface area contributed by atoms with Crippen molar-refractivity contribution in [1.29, 1.82) is 0 Å². The van der Waals surface area contributed by atoms with Crippen molar-refractivity contribution in [1.82, 2.24) is 10.3 Å². The Kier molecular flexibility index (Phi) is 5.44. The van der Waals surface area contributed by atoms with Crippen LogP contribution in [0.1, 0.15) is 18.9 Å². The molecule has 0 unspecified atom stereocenters. The van der Waals surface area contributed by atoms with Crippen LogP contribution in [0.3, 0.4) is 0 Å². The first-order valence-electron chi connectivity index (χ1n) is 5.68. The van der Waals surface area contributed by atoms with E-state index in [2.05, 4.69) is 23.1 Å². The van der Waals surface area contributed by atoms with Crippen LogP contribution in [0.4, 0.5) is 10.2 Å². The van der Waals surface area contributed by atoms with E-state index in [4.69, 9.17) is 6.42 Å². The predicted molar refractivity (Wildman–Crippen MR) is 68.3 cm³/mol. The predicted octanol–water partition coefficient (Wildman–Crippen LogP) is 1.79. The van der Waals surface area contributed by atoms with E-state index in [1.54, 1.807) is 0 Å². The summed E-state index contributed by atoms with van der Waals surface area (Å²) >= 11 is 0. The van der Waals surface area contributed by atoms with Gasteiger partial charge < -0.3 is 10.2 Å². The molecule has 0 saturated heterocycles. The van der Waals surface area contributed by atoms with Crippen LogP contribution in [0.25, 0.3) is 0 Å². The molecule has 1 N–H and O–H groups in total. The second kappa shape index (κ2) is 6.87. The number of rotatable bonds is 6. The van der Waals surface area contributed by atoms with Gasteiger partial charge in [-0.1, -0.05) is 12.8 Å². The number of terminal acetylenes is 1. The second-order valence-corrected chi connectivity index (χ2v) is 3.87. The third-order valence-electron chi connectivity index (χ3n) is 2.34. The van der Waals surface area contributed by atoms with Gasteiger partial charge in [0.2, 0.25) is 0 Å². The van der Waals surface area contributed by atoms with Crippen molar-refractivity contribution in [2.45, 2.75) is 19.9 Å². The molecule has 0 radical (unpaired) electrons. The van der Waals surface area contributed by atoms with E-state index in [9.17, 15) is 4.39 Å². The van der Waals surface area contributed by atoms with Gasteiger partial charge in [-0.15, -0.1) is 6.42 Å². The maximum absolute atomic E-state index is 13.2. The van der Waals surface area contributed by atoms with Crippen LogP contribution in [0.2, 0.25) is 0 Å². The Labute approximate surface area is 102 Å². The molecule has 4 heteroatoms. The fourth-order valence-electron chi connectivity index (χ4n) is 1.56. The van der Waals surface area contributed by atoms with E-state index >= 15 is 0 Å². The quantitative estimate of drug-likeness (QED) is 0.602. The molecule has 0 spiro atoms. The summed E-state index contributed by atoms with van der Waals surface area (Å²) in [7, 11) is 1.85. The van der Waals surface area contributed by atoms with Crippen molar-refractivity contribution in [3.8, 4) is 12.3 Å². The fourth-order valence-corrected chi connectivity index (χ4v) is 1.56. The highest BCUT2D eigenvalue weighted by molar-refractivity contribution is 5.47. The van der Waals surface area contributed by atoms with Crippen molar-refractivity contribution < 1.29 is 4.39 Å². The zero-order valence-electron chi connectivity index (χ0n) is 10.3. The van der Waals surface area contributed by atoms with Gasteiger partial charge in [-0.25, -0.2) is 9.37 Å². The standard InChI is InChI=1S/C13H18FN3/c1-4-6-15-9-11-8-12(14)10-16-13(11)17(3)7-5-2/h2,8,10,15H,4,6-7,9H2,1,3H3. The topological polar surface area (TPSA) is 28.2 Å². The average molecular weight is 235 g/mol. The number of pyridine rings is 1. The van der Waals surface area contributed by atoms with Crippen LogP contribution >= 0.6 is 0 Å².